The quantitative estimate of drug-likeness (QED) is 0.0594. The Kier molecular flexibility index (Phi) is 13.4. The molecular formula is C46H61N4O7S+. The molecule has 2 heterocycles. The Labute approximate surface area is 344 Å². The molecule has 2 aromatic carbocycles. The van der Waals surface area contributed by atoms with E-state index in [1.165, 1.54) is 22.3 Å². The van der Waals surface area contributed by atoms with Gasteiger partial charge in [0.25, 0.3) is 10.1 Å². The molecule has 0 aromatic heterocycles. The Hall–Kier alpha value is -4.81. The molecule has 1 atom stereocenters. The fourth-order valence-electron chi connectivity index (χ4n) is 8.78. The van der Waals surface area contributed by atoms with Crippen molar-refractivity contribution in [3.63, 3.8) is 0 Å². The lowest BCUT2D eigenvalue weighted by Crippen LogP contribution is -2.53. The average Bonchev–Trinajstić information content (AvgIpc) is 3.50. The summed E-state index contributed by atoms with van der Waals surface area (Å²) in [6.45, 7) is 18.6. The number of carboxylic acids is 1. The van der Waals surface area contributed by atoms with Gasteiger partial charge < -0.3 is 20.6 Å². The van der Waals surface area contributed by atoms with E-state index in [1.807, 2.05) is 18.2 Å². The van der Waals surface area contributed by atoms with Crippen molar-refractivity contribution in [1.29, 1.82) is 0 Å². The second-order valence-corrected chi connectivity index (χ2v) is 18.5. The van der Waals surface area contributed by atoms with Crippen LogP contribution in [0.2, 0.25) is 0 Å². The maximum absolute atomic E-state index is 14.5. The highest BCUT2D eigenvalue weighted by atomic mass is 32.2. The van der Waals surface area contributed by atoms with Crippen molar-refractivity contribution in [2.24, 2.45) is 5.41 Å². The fourth-order valence-corrected chi connectivity index (χ4v) is 9.14. The van der Waals surface area contributed by atoms with Crippen LogP contribution in [-0.4, -0.2) is 78.1 Å². The number of carbonyl (C=O) groups is 3. The van der Waals surface area contributed by atoms with E-state index in [0.717, 1.165) is 47.0 Å². The molecule has 11 nitrogen and oxygen atoms in total. The van der Waals surface area contributed by atoms with Crippen LogP contribution in [0.3, 0.4) is 0 Å². The molecule has 0 radical (unpaired) electrons. The number of benzene rings is 2. The highest BCUT2D eigenvalue weighted by molar-refractivity contribution is 7.85. The second kappa shape index (κ2) is 17.6. The molecule has 12 heteroatoms. The zero-order valence-electron chi connectivity index (χ0n) is 35.4. The smallest absolute Gasteiger partial charge is 0.303 e. The molecule has 4 N–H and O–H groups in total. The minimum absolute atomic E-state index is 0.0329. The number of allylic oxidation sites excluding steroid dienone is 8. The SMILES string of the molecule is CCN1/C(=C/C=C2C=C(/C=C/C3=[N+](CC)c4ccc(C)cc4C3(C)C)CC(C(=O)NCCCCCC(=O)O)(C(=O)NCCS(=O)(=O)O)C/2)C(C)(C)c2cc(C)ccc21. The van der Waals surface area contributed by atoms with E-state index in [1.54, 1.807) is 0 Å². The third kappa shape index (κ3) is 9.39. The molecule has 0 fully saturated rings. The van der Waals surface area contributed by atoms with Crippen molar-refractivity contribution >= 4 is 45.0 Å². The summed E-state index contributed by atoms with van der Waals surface area (Å²) in [5.74, 6) is -2.71. The number of carboxylic acid groups (broad SMARTS) is 1. The highest BCUT2D eigenvalue weighted by Gasteiger charge is 2.49. The van der Waals surface area contributed by atoms with Crippen molar-refractivity contribution in [1.82, 2.24) is 10.6 Å². The summed E-state index contributed by atoms with van der Waals surface area (Å²) in [5, 5.41) is 14.7. The number of aliphatic carboxylic acids is 1. The van der Waals surface area contributed by atoms with Crippen LogP contribution >= 0.6 is 0 Å². The molecule has 2 aliphatic heterocycles. The number of fused-ring (bicyclic) bond motifs is 2. The van der Waals surface area contributed by atoms with Gasteiger partial charge in [-0.1, -0.05) is 67.8 Å². The number of aryl methyl sites for hydroxylation is 2. The number of carbonyl (C=O) groups excluding carboxylic acids is 2. The molecular weight excluding hydrogens is 753 g/mol. The van der Waals surface area contributed by atoms with E-state index in [2.05, 4.69) is 124 Å². The Morgan fingerprint density at radius 3 is 2.14 bits per heavy atom. The van der Waals surface area contributed by atoms with Gasteiger partial charge in [0.15, 0.2) is 5.71 Å². The molecule has 1 unspecified atom stereocenters. The largest absolute Gasteiger partial charge is 0.481 e. The summed E-state index contributed by atoms with van der Waals surface area (Å²) in [6, 6.07) is 13.0. The predicted octanol–water partition coefficient (Wildman–Crippen LogP) is 7.36. The van der Waals surface area contributed by atoms with Crippen LogP contribution in [0, 0.1) is 19.3 Å². The molecule has 312 valence electrons. The molecule has 0 saturated carbocycles. The van der Waals surface area contributed by atoms with Crippen molar-refractivity contribution in [3.05, 3.63) is 106 Å². The Morgan fingerprint density at radius 2 is 1.50 bits per heavy atom. The summed E-state index contributed by atoms with van der Waals surface area (Å²) in [5.41, 5.74) is 8.48. The third-order valence-corrected chi connectivity index (χ3v) is 12.6. The minimum Gasteiger partial charge on any atom is -0.481 e. The lowest BCUT2D eigenvalue weighted by Gasteiger charge is -2.35. The zero-order chi connectivity index (χ0) is 42.6. The van der Waals surface area contributed by atoms with Gasteiger partial charge in [-0.05, 0) is 102 Å². The minimum atomic E-state index is -4.38. The van der Waals surface area contributed by atoms with Crippen LogP contribution in [0.5, 0.6) is 0 Å². The van der Waals surface area contributed by atoms with Gasteiger partial charge in [-0.15, -0.1) is 0 Å². The average molecular weight is 814 g/mol. The van der Waals surface area contributed by atoms with E-state index < -0.39 is 39.1 Å². The maximum atomic E-state index is 14.5. The molecule has 0 saturated heterocycles. The highest BCUT2D eigenvalue weighted by Crippen LogP contribution is 2.48. The molecule has 3 aliphatic rings. The third-order valence-electron chi connectivity index (χ3n) is 11.9. The van der Waals surface area contributed by atoms with Gasteiger partial charge in [0.2, 0.25) is 17.5 Å². The summed E-state index contributed by atoms with van der Waals surface area (Å²) in [7, 11) is -4.38. The standard InChI is InChI=1S/C46H60N4O7S/c1-9-49-37-19-15-31(3)26-35(37)44(5,6)39(49)21-17-33-28-34(18-22-40-45(7,8)36-27-32(4)16-20-38(36)50(40)10-2)30-46(29-33,43(54)48-24-25-58(55,56)57)42(53)47-23-13-11-12-14-41(51)52/h15-22,26-28H,9-14,23-25,29-30H2,1-8H3,(H3-,47,48,51,52,53,54,55,56,57)/p+1. The van der Waals surface area contributed by atoms with Gasteiger partial charge in [-0.3, -0.25) is 18.9 Å². The first kappa shape index (κ1) is 44.3. The summed E-state index contributed by atoms with van der Waals surface area (Å²) in [6.07, 6.45) is 11.9. The van der Waals surface area contributed by atoms with E-state index in [-0.39, 0.29) is 43.2 Å². The topological polar surface area (TPSA) is 156 Å². The number of nitrogens with zero attached hydrogens (tertiary/aromatic N) is 2. The Morgan fingerprint density at radius 1 is 0.845 bits per heavy atom. The first-order valence-electron chi connectivity index (χ1n) is 20.4. The summed E-state index contributed by atoms with van der Waals surface area (Å²) in [4.78, 5) is 42.2. The molecule has 1 aliphatic carbocycles. The van der Waals surface area contributed by atoms with E-state index in [4.69, 9.17) is 5.11 Å². The van der Waals surface area contributed by atoms with Crippen LogP contribution in [-0.2, 0) is 35.3 Å². The number of hydrogen-bond donors (Lipinski definition) is 4. The lowest BCUT2D eigenvalue weighted by atomic mass is 9.70. The predicted molar refractivity (Wildman–Crippen MR) is 230 cm³/mol. The first-order valence-corrected chi connectivity index (χ1v) is 22.0. The van der Waals surface area contributed by atoms with Crippen molar-refractivity contribution in [2.75, 3.05) is 36.8 Å². The fraction of sp³-hybridized carbons (Fsp3) is 0.478. The van der Waals surface area contributed by atoms with Crippen molar-refractivity contribution < 1.29 is 37.0 Å². The molecule has 0 spiro atoms. The van der Waals surface area contributed by atoms with Gasteiger partial charge in [0.05, 0.1) is 11.2 Å². The van der Waals surface area contributed by atoms with Gasteiger partial charge >= 0.3 is 5.97 Å². The molecule has 2 amide bonds. The van der Waals surface area contributed by atoms with E-state index in [9.17, 15) is 27.4 Å². The van der Waals surface area contributed by atoms with Gasteiger partial charge in [0.1, 0.15) is 12.0 Å². The summed E-state index contributed by atoms with van der Waals surface area (Å²) >= 11 is 0. The van der Waals surface area contributed by atoms with Crippen LogP contribution < -0.4 is 15.5 Å². The molecule has 58 heavy (non-hydrogen) atoms. The van der Waals surface area contributed by atoms with Crippen LogP contribution in [0.25, 0.3) is 0 Å². The number of hydrogen-bond acceptors (Lipinski definition) is 6. The molecule has 5 rings (SSSR count). The zero-order valence-corrected chi connectivity index (χ0v) is 36.2. The van der Waals surface area contributed by atoms with Gasteiger partial charge in [-0.2, -0.15) is 13.0 Å². The Balaban J connectivity index is 1.60. The van der Waals surface area contributed by atoms with Crippen LogP contribution in [0.15, 0.2) is 83.6 Å². The number of unbranched alkanes of at least 4 members (excludes halogenated alkanes) is 2. The van der Waals surface area contributed by atoms with Crippen LogP contribution in [0.1, 0.15) is 102 Å². The normalized spacial score (nSPS) is 21.1. The molecule has 0 bridgehead atoms. The van der Waals surface area contributed by atoms with Crippen molar-refractivity contribution in [3.8, 4) is 0 Å². The summed E-state index contributed by atoms with van der Waals surface area (Å²) < 4.78 is 35.1. The monoisotopic (exact) mass is 813 g/mol. The number of nitrogens with one attached hydrogen (secondary N) is 2. The maximum Gasteiger partial charge on any atom is 0.303 e. The second-order valence-electron chi connectivity index (χ2n) is 16.9. The first-order chi connectivity index (χ1) is 27.2. The number of amides is 2. The molecule has 2 aromatic rings. The van der Waals surface area contributed by atoms with Crippen molar-refractivity contribution in [2.45, 2.75) is 105 Å². The number of anilines is 1. The van der Waals surface area contributed by atoms with Gasteiger partial charge in [-0.25, -0.2) is 0 Å². The van der Waals surface area contributed by atoms with E-state index >= 15 is 0 Å². The van der Waals surface area contributed by atoms with Crippen LogP contribution in [0.4, 0.5) is 11.4 Å². The van der Waals surface area contributed by atoms with E-state index in [0.29, 0.717) is 19.3 Å². The Bertz CT molecular complexity index is 2230. The van der Waals surface area contributed by atoms with Gasteiger partial charge in [0, 0.05) is 60.6 Å². The number of likely N-dealkylation sites (N-methyl/N-ethyl adjacent to an activating group) is 1. The lowest BCUT2D eigenvalue weighted by molar-refractivity contribution is -0.433. The number of rotatable bonds is 16.